The van der Waals surface area contributed by atoms with Crippen LogP contribution in [0.5, 0.6) is 5.75 Å². The molecule has 1 aromatic rings. The number of methoxy groups -OCH3 is 1. The Morgan fingerprint density at radius 3 is 3.00 bits per heavy atom. The van der Waals surface area contributed by atoms with Crippen molar-refractivity contribution in [2.75, 3.05) is 25.1 Å². The van der Waals surface area contributed by atoms with E-state index in [1.807, 2.05) is 18.2 Å². The monoisotopic (exact) mass is 290 g/mol. The number of hydrogen-bond acceptors (Lipinski definition) is 4. The quantitative estimate of drug-likeness (QED) is 0.885. The van der Waals surface area contributed by atoms with Gasteiger partial charge in [-0.05, 0) is 31.9 Å². The third-order valence-corrected chi connectivity index (χ3v) is 4.59. The molecule has 3 rings (SSSR count). The molecule has 2 unspecified atom stereocenters. The molecular formula is C16H22N2O3. The maximum atomic E-state index is 11.9. The number of piperidine rings is 1. The summed E-state index contributed by atoms with van der Waals surface area (Å²) >= 11 is 0. The Bertz CT molecular complexity index is 544. The summed E-state index contributed by atoms with van der Waals surface area (Å²) in [6.45, 7) is 3.34. The van der Waals surface area contributed by atoms with Crippen LogP contribution in [0.15, 0.2) is 18.2 Å². The fourth-order valence-corrected chi connectivity index (χ4v) is 3.63. The molecule has 2 aliphatic heterocycles. The molecule has 2 heterocycles. The lowest BCUT2D eigenvalue weighted by Crippen LogP contribution is -2.46. The van der Waals surface area contributed by atoms with Crippen LogP contribution in [0.2, 0.25) is 0 Å². The SMILES string of the molecule is COc1cccc(N2CCCC3C(=O)NCC32)c1[C@H](C)O. The van der Waals surface area contributed by atoms with Crippen LogP contribution in [-0.4, -0.2) is 37.3 Å². The van der Waals surface area contributed by atoms with Crippen LogP contribution in [0.3, 0.4) is 0 Å². The van der Waals surface area contributed by atoms with Gasteiger partial charge in [-0.15, -0.1) is 0 Å². The highest BCUT2D eigenvalue weighted by Crippen LogP contribution is 2.39. The van der Waals surface area contributed by atoms with Gasteiger partial charge in [-0.2, -0.15) is 0 Å². The van der Waals surface area contributed by atoms with Gasteiger partial charge in [-0.1, -0.05) is 6.07 Å². The van der Waals surface area contributed by atoms with Gasteiger partial charge in [0.15, 0.2) is 0 Å². The van der Waals surface area contributed by atoms with E-state index in [9.17, 15) is 9.90 Å². The Kier molecular flexibility index (Phi) is 3.76. The van der Waals surface area contributed by atoms with Crippen LogP contribution in [0.25, 0.3) is 0 Å². The molecule has 2 aliphatic rings. The van der Waals surface area contributed by atoms with E-state index in [4.69, 9.17) is 4.74 Å². The number of rotatable bonds is 3. The molecule has 0 aromatic heterocycles. The molecule has 2 saturated heterocycles. The van der Waals surface area contributed by atoms with Gasteiger partial charge in [0.05, 0.1) is 25.2 Å². The van der Waals surface area contributed by atoms with Crippen LogP contribution in [0, 0.1) is 5.92 Å². The third kappa shape index (κ3) is 2.35. The van der Waals surface area contributed by atoms with Crippen molar-refractivity contribution in [3.63, 3.8) is 0 Å². The fourth-order valence-electron chi connectivity index (χ4n) is 3.63. The minimum atomic E-state index is -0.610. The number of carbonyl (C=O) groups excluding carboxylic acids is 1. The fraction of sp³-hybridized carbons (Fsp3) is 0.562. The third-order valence-electron chi connectivity index (χ3n) is 4.59. The van der Waals surface area contributed by atoms with Gasteiger partial charge in [0.25, 0.3) is 0 Å². The normalized spacial score (nSPS) is 26.2. The summed E-state index contributed by atoms with van der Waals surface area (Å²) in [6, 6.07) is 5.99. The van der Waals surface area contributed by atoms with Gasteiger partial charge >= 0.3 is 0 Å². The second-order valence-electron chi connectivity index (χ2n) is 5.82. The smallest absolute Gasteiger partial charge is 0.225 e. The van der Waals surface area contributed by atoms with E-state index >= 15 is 0 Å². The highest BCUT2D eigenvalue weighted by molar-refractivity contribution is 5.83. The maximum Gasteiger partial charge on any atom is 0.225 e. The van der Waals surface area contributed by atoms with Crippen LogP contribution in [0.4, 0.5) is 5.69 Å². The Balaban J connectivity index is 2.01. The van der Waals surface area contributed by atoms with Crippen molar-refractivity contribution >= 4 is 11.6 Å². The van der Waals surface area contributed by atoms with E-state index in [0.29, 0.717) is 12.3 Å². The number of nitrogens with one attached hydrogen (secondary N) is 1. The first-order chi connectivity index (χ1) is 10.1. The molecule has 21 heavy (non-hydrogen) atoms. The molecule has 2 N–H and O–H groups in total. The lowest BCUT2D eigenvalue weighted by atomic mass is 9.90. The highest BCUT2D eigenvalue weighted by Gasteiger charge is 2.41. The molecule has 0 spiro atoms. The molecule has 5 heteroatoms. The zero-order valence-electron chi connectivity index (χ0n) is 12.5. The van der Waals surface area contributed by atoms with Crippen LogP contribution < -0.4 is 15.0 Å². The van der Waals surface area contributed by atoms with Crippen molar-refractivity contribution in [1.29, 1.82) is 0 Å². The van der Waals surface area contributed by atoms with Crippen molar-refractivity contribution < 1.29 is 14.6 Å². The first-order valence-electron chi connectivity index (χ1n) is 7.52. The summed E-state index contributed by atoms with van der Waals surface area (Å²) in [4.78, 5) is 14.2. The minimum absolute atomic E-state index is 0.0619. The summed E-state index contributed by atoms with van der Waals surface area (Å²) in [7, 11) is 1.62. The lowest BCUT2D eigenvalue weighted by Gasteiger charge is -2.39. The predicted molar refractivity (Wildman–Crippen MR) is 80.5 cm³/mol. The molecule has 0 radical (unpaired) electrons. The number of hydrogen-bond donors (Lipinski definition) is 2. The second kappa shape index (κ2) is 5.56. The summed E-state index contributed by atoms with van der Waals surface area (Å²) in [5.41, 5.74) is 1.79. The first kappa shape index (κ1) is 14.2. The first-order valence-corrected chi connectivity index (χ1v) is 7.52. The number of nitrogens with zero attached hydrogens (tertiary/aromatic N) is 1. The van der Waals surface area contributed by atoms with Crippen molar-refractivity contribution in [3.05, 3.63) is 23.8 Å². The topological polar surface area (TPSA) is 61.8 Å². The van der Waals surface area contributed by atoms with Crippen LogP contribution >= 0.6 is 0 Å². The number of ether oxygens (including phenoxy) is 1. The van der Waals surface area contributed by atoms with Crippen molar-refractivity contribution in [2.24, 2.45) is 5.92 Å². The van der Waals surface area contributed by atoms with Gasteiger partial charge in [-0.25, -0.2) is 0 Å². The Labute approximate surface area is 124 Å². The number of aliphatic hydroxyl groups excluding tert-OH is 1. The second-order valence-corrected chi connectivity index (χ2v) is 5.82. The number of carbonyl (C=O) groups is 1. The summed E-state index contributed by atoms with van der Waals surface area (Å²) < 4.78 is 5.40. The largest absolute Gasteiger partial charge is 0.496 e. The predicted octanol–water partition coefficient (Wildman–Crippen LogP) is 1.46. The molecule has 1 aromatic carbocycles. The van der Waals surface area contributed by atoms with Crippen LogP contribution in [-0.2, 0) is 4.79 Å². The molecule has 3 atom stereocenters. The Hall–Kier alpha value is -1.75. The zero-order valence-corrected chi connectivity index (χ0v) is 12.5. The van der Waals surface area contributed by atoms with E-state index in [1.54, 1.807) is 14.0 Å². The Morgan fingerprint density at radius 1 is 1.48 bits per heavy atom. The molecule has 0 saturated carbocycles. The van der Waals surface area contributed by atoms with E-state index in [1.165, 1.54) is 0 Å². The van der Waals surface area contributed by atoms with Crippen molar-refractivity contribution in [2.45, 2.75) is 31.9 Å². The number of amides is 1. The number of fused-ring (bicyclic) bond motifs is 1. The van der Waals surface area contributed by atoms with Crippen molar-refractivity contribution in [3.8, 4) is 5.75 Å². The summed E-state index contributed by atoms with van der Waals surface area (Å²) in [5, 5.41) is 13.1. The number of aliphatic hydroxyl groups is 1. The van der Waals surface area contributed by atoms with Crippen molar-refractivity contribution in [1.82, 2.24) is 5.32 Å². The van der Waals surface area contributed by atoms with Gasteiger partial charge in [0.2, 0.25) is 5.91 Å². The van der Waals surface area contributed by atoms with Gasteiger partial charge in [0, 0.05) is 24.3 Å². The Morgan fingerprint density at radius 2 is 2.29 bits per heavy atom. The lowest BCUT2D eigenvalue weighted by molar-refractivity contribution is -0.122. The average Bonchev–Trinajstić information content (AvgIpc) is 2.88. The minimum Gasteiger partial charge on any atom is -0.496 e. The number of anilines is 1. The molecule has 1 amide bonds. The summed E-state index contributed by atoms with van der Waals surface area (Å²) in [5.74, 6) is 0.917. The molecular weight excluding hydrogens is 268 g/mol. The maximum absolute atomic E-state index is 11.9. The van der Waals surface area contributed by atoms with Gasteiger partial charge in [-0.3, -0.25) is 4.79 Å². The standard InChI is InChI=1S/C16H22N2O3/c1-10(19)15-12(6-3-7-14(15)21-2)18-8-4-5-11-13(18)9-17-16(11)20/h3,6-7,10-11,13,19H,4-5,8-9H2,1-2H3,(H,17,20)/t10-,11?,13?/m0/s1. The zero-order chi connectivity index (χ0) is 15.0. The van der Waals surface area contributed by atoms with E-state index < -0.39 is 6.10 Å². The van der Waals surface area contributed by atoms with Crippen LogP contribution in [0.1, 0.15) is 31.4 Å². The molecule has 0 bridgehead atoms. The van der Waals surface area contributed by atoms with Gasteiger partial charge in [0.1, 0.15) is 5.75 Å². The molecule has 114 valence electrons. The highest BCUT2D eigenvalue weighted by atomic mass is 16.5. The van der Waals surface area contributed by atoms with E-state index in [0.717, 1.165) is 30.6 Å². The molecule has 0 aliphatic carbocycles. The molecule has 5 nitrogen and oxygen atoms in total. The number of benzene rings is 1. The average molecular weight is 290 g/mol. The summed E-state index contributed by atoms with van der Waals surface area (Å²) in [6.07, 6.45) is 1.33. The van der Waals surface area contributed by atoms with Gasteiger partial charge < -0.3 is 20.1 Å². The van der Waals surface area contributed by atoms with E-state index in [-0.39, 0.29) is 17.9 Å². The molecule has 2 fully saturated rings. The van der Waals surface area contributed by atoms with E-state index in [2.05, 4.69) is 10.2 Å².